The van der Waals surface area contributed by atoms with Crippen molar-refractivity contribution >= 4 is 11.9 Å². The van der Waals surface area contributed by atoms with E-state index in [9.17, 15) is 9.59 Å². The van der Waals surface area contributed by atoms with Crippen LogP contribution in [0.25, 0.3) is 0 Å². The first-order chi connectivity index (χ1) is 8.63. The van der Waals surface area contributed by atoms with Crippen molar-refractivity contribution < 1.29 is 14.7 Å². The predicted molar refractivity (Wildman–Crippen MR) is 65.9 cm³/mol. The summed E-state index contributed by atoms with van der Waals surface area (Å²) in [7, 11) is 0. The fraction of sp³-hybridized carbons (Fsp3) is 0.286. The number of carbonyl (C=O) groups is 2. The molecule has 0 bridgehead atoms. The van der Waals surface area contributed by atoms with Gasteiger partial charge in [0.2, 0.25) is 5.91 Å². The summed E-state index contributed by atoms with van der Waals surface area (Å²) < 4.78 is 0. The summed E-state index contributed by atoms with van der Waals surface area (Å²) in [6.45, 7) is 0. The molecule has 0 saturated heterocycles. The normalized spacial score (nSPS) is 17.8. The molecule has 2 N–H and O–H groups in total. The van der Waals surface area contributed by atoms with Crippen molar-refractivity contribution in [2.45, 2.75) is 24.8 Å². The highest BCUT2D eigenvalue weighted by atomic mass is 16.4. The van der Waals surface area contributed by atoms with Gasteiger partial charge in [0.1, 0.15) is 6.04 Å². The maximum absolute atomic E-state index is 11.9. The van der Waals surface area contributed by atoms with Gasteiger partial charge in [0.15, 0.2) is 0 Å². The number of carboxylic acid groups (broad SMARTS) is 1. The molecular weight excluding hydrogens is 230 g/mol. The topological polar surface area (TPSA) is 66.4 Å². The van der Waals surface area contributed by atoms with Gasteiger partial charge in [-0.05, 0) is 17.5 Å². The molecule has 18 heavy (non-hydrogen) atoms. The van der Waals surface area contributed by atoms with Crippen molar-refractivity contribution in [1.29, 1.82) is 0 Å². The lowest BCUT2D eigenvalue weighted by Gasteiger charge is -2.29. The number of rotatable bonds is 4. The van der Waals surface area contributed by atoms with E-state index in [1.54, 1.807) is 0 Å². The van der Waals surface area contributed by atoms with Gasteiger partial charge in [0, 0.05) is 6.42 Å². The summed E-state index contributed by atoms with van der Waals surface area (Å²) in [6, 6.07) is 6.64. The first-order valence-corrected chi connectivity index (χ1v) is 5.68. The van der Waals surface area contributed by atoms with Gasteiger partial charge < -0.3 is 10.4 Å². The molecule has 2 rings (SSSR count). The number of nitrogens with one attached hydrogen (secondary N) is 1. The molecule has 1 aromatic carbocycles. The Bertz CT molecular complexity index is 530. The van der Waals surface area contributed by atoms with E-state index in [0.717, 1.165) is 11.1 Å². The largest absolute Gasteiger partial charge is 0.480 e. The summed E-state index contributed by atoms with van der Waals surface area (Å²) in [5.41, 5.74) is 2.11. The van der Waals surface area contributed by atoms with E-state index in [4.69, 9.17) is 11.5 Å². The summed E-state index contributed by atoms with van der Waals surface area (Å²) in [4.78, 5) is 22.8. The van der Waals surface area contributed by atoms with E-state index in [1.807, 2.05) is 24.3 Å². The average Bonchev–Trinajstić information content (AvgIpc) is 2.30. The molecule has 0 aliphatic heterocycles. The third-order valence-corrected chi connectivity index (χ3v) is 3.11. The molecule has 1 amide bonds. The van der Waals surface area contributed by atoms with Crippen molar-refractivity contribution in [3.8, 4) is 12.3 Å². The van der Waals surface area contributed by atoms with Crippen LogP contribution in [0.3, 0.4) is 0 Å². The fourth-order valence-electron chi connectivity index (χ4n) is 2.08. The zero-order valence-electron chi connectivity index (χ0n) is 9.72. The van der Waals surface area contributed by atoms with Gasteiger partial charge in [0.05, 0.1) is 5.92 Å². The van der Waals surface area contributed by atoms with E-state index in [1.165, 1.54) is 0 Å². The lowest BCUT2D eigenvalue weighted by molar-refractivity contribution is -0.142. The molecule has 92 valence electrons. The number of carbonyl (C=O) groups excluding carboxylic acids is 1. The van der Waals surface area contributed by atoms with E-state index in [2.05, 4.69) is 11.2 Å². The van der Waals surface area contributed by atoms with Crippen LogP contribution in [0.4, 0.5) is 0 Å². The summed E-state index contributed by atoms with van der Waals surface area (Å²) >= 11 is 0. The van der Waals surface area contributed by atoms with E-state index in [0.29, 0.717) is 6.42 Å². The fourth-order valence-corrected chi connectivity index (χ4v) is 2.08. The molecule has 0 spiro atoms. The molecule has 4 nitrogen and oxygen atoms in total. The SMILES string of the molecule is C#CCC(NC(=O)C1Cc2ccccc21)C(=O)O. The molecular formula is C14H13NO3. The van der Waals surface area contributed by atoms with Crippen molar-refractivity contribution in [2.75, 3.05) is 0 Å². The minimum absolute atomic E-state index is 0.00452. The zero-order chi connectivity index (χ0) is 13.1. The number of hydrogen-bond acceptors (Lipinski definition) is 2. The molecule has 1 aliphatic rings. The second-order valence-corrected chi connectivity index (χ2v) is 4.26. The number of benzene rings is 1. The third kappa shape index (κ3) is 2.21. The van der Waals surface area contributed by atoms with E-state index >= 15 is 0 Å². The first kappa shape index (κ1) is 12.2. The third-order valence-electron chi connectivity index (χ3n) is 3.11. The molecule has 0 saturated carbocycles. The summed E-state index contributed by atoms with van der Waals surface area (Å²) in [5, 5.41) is 11.4. The van der Waals surface area contributed by atoms with E-state index in [-0.39, 0.29) is 18.2 Å². The number of amides is 1. The van der Waals surface area contributed by atoms with Gasteiger partial charge >= 0.3 is 5.97 Å². The van der Waals surface area contributed by atoms with Crippen LogP contribution < -0.4 is 5.32 Å². The molecule has 2 atom stereocenters. The standard InChI is InChI=1S/C14H13NO3/c1-2-5-12(14(17)18)15-13(16)11-8-9-6-3-4-7-10(9)11/h1,3-4,6-7,11-12H,5,8H2,(H,15,16)(H,17,18). The van der Waals surface area contributed by atoms with Crippen molar-refractivity contribution in [2.24, 2.45) is 0 Å². The van der Waals surface area contributed by atoms with Gasteiger partial charge in [-0.25, -0.2) is 4.79 Å². The monoisotopic (exact) mass is 243 g/mol. The zero-order valence-corrected chi connectivity index (χ0v) is 9.72. The first-order valence-electron chi connectivity index (χ1n) is 5.68. The molecule has 0 radical (unpaired) electrons. The quantitative estimate of drug-likeness (QED) is 0.773. The predicted octanol–water partition coefficient (Wildman–Crippen LogP) is 0.919. The number of terminal acetylenes is 1. The molecule has 0 aromatic heterocycles. The van der Waals surface area contributed by atoms with Crippen LogP contribution in [0.5, 0.6) is 0 Å². The molecule has 0 fully saturated rings. The summed E-state index contributed by atoms with van der Waals surface area (Å²) in [6.07, 6.45) is 5.73. The Morgan fingerprint density at radius 1 is 1.50 bits per heavy atom. The number of aliphatic carboxylic acids is 1. The molecule has 1 aromatic rings. The molecule has 1 aliphatic carbocycles. The second-order valence-electron chi connectivity index (χ2n) is 4.26. The molecule has 0 heterocycles. The number of fused-ring (bicyclic) bond motifs is 1. The van der Waals surface area contributed by atoms with Gasteiger partial charge in [-0.3, -0.25) is 4.79 Å². The van der Waals surface area contributed by atoms with Crippen LogP contribution in [0.1, 0.15) is 23.5 Å². The highest BCUT2D eigenvalue weighted by Gasteiger charge is 2.33. The van der Waals surface area contributed by atoms with Gasteiger partial charge in [0.25, 0.3) is 0 Å². The number of hydrogen-bond donors (Lipinski definition) is 2. The minimum Gasteiger partial charge on any atom is -0.480 e. The Kier molecular flexibility index (Phi) is 3.33. The lowest BCUT2D eigenvalue weighted by atomic mass is 9.77. The van der Waals surface area contributed by atoms with Gasteiger partial charge in [-0.2, -0.15) is 0 Å². The molecule has 2 unspecified atom stereocenters. The van der Waals surface area contributed by atoms with Crippen LogP contribution in [0.15, 0.2) is 24.3 Å². The molecule has 4 heteroatoms. The van der Waals surface area contributed by atoms with E-state index < -0.39 is 12.0 Å². The van der Waals surface area contributed by atoms with Crippen molar-refractivity contribution in [3.63, 3.8) is 0 Å². The summed E-state index contributed by atoms with van der Waals surface area (Å²) in [5.74, 6) is 0.634. The van der Waals surface area contributed by atoms with Crippen LogP contribution >= 0.6 is 0 Å². The average molecular weight is 243 g/mol. The lowest BCUT2D eigenvalue weighted by Crippen LogP contribution is -2.45. The Balaban J connectivity index is 2.02. The van der Waals surface area contributed by atoms with Crippen LogP contribution in [0, 0.1) is 12.3 Å². The maximum Gasteiger partial charge on any atom is 0.327 e. The Morgan fingerprint density at radius 2 is 2.22 bits per heavy atom. The Hall–Kier alpha value is -2.28. The highest BCUT2D eigenvalue weighted by molar-refractivity contribution is 5.90. The van der Waals surface area contributed by atoms with Crippen LogP contribution in [0.2, 0.25) is 0 Å². The van der Waals surface area contributed by atoms with Crippen LogP contribution in [-0.4, -0.2) is 23.0 Å². The van der Waals surface area contributed by atoms with Crippen molar-refractivity contribution in [1.82, 2.24) is 5.32 Å². The second kappa shape index (κ2) is 4.92. The minimum atomic E-state index is -1.10. The number of carboxylic acids is 1. The van der Waals surface area contributed by atoms with Crippen molar-refractivity contribution in [3.05, 3.63) is 35.4 Å². The Morgan fingerprint density at radius 3 is 2.83 bits per heavy atom. The highest BCUT2D eigenvalue weighted by Crippen LogP contribution is 2.34. The smallest absolute Gasteiger partial charge is 0.327 e. The van der Waals surface area contributed by atoms with Gasteiger partial charge in [-0.15, -0.1) is 12.3 Å². The maximum atomic E-state index is 11.9. The van der Waals surface area contributed by atoms with Gasteiger partial charge in [-0.1, -0.05) is 24.3 Å². The Labute approximate surface area is 105 Å². The van der Waals surface area contributed by atoms with Crippen LogP contribution in [-0.2, 0) is 16.0 Å².